The van der Waals surface area contributed by atoms with Crippen LogP contribution in [0.1, 0.15) is 76.8 Å². The molecule has 0 saturated heterocycles. The minimum atomic E-state index is 0.119. The minimum absolute atomic E-state index is 0.119. The van der Waals surface area contributed by atoms with Crippen molar-refractivity contribution in [2.75, 3.05) is 0 Å². The van der Waals surface area contributed by atoms with E-state index in [-0.39, 0.29) is 17.4 Å². The van der Waals surface area contributed by atoms with Gasteiger partial charge in [-0.15, -0.1) is 0 Å². The van der Waals surface area contributed by atoms with Crippen LogP contribution in [0.5, 0.6) is 11.5 Å². The quantitative estimate of drug-likeness (QED) is 0.504. The molecule has 1 aliphatic rings. The second-order valence-electron chi connectivity index (χ2n) is 7.49. The number of phenolic OH excluding ortho intramolecular Hbond substituents is 2. The highest BCUT2D eigenvalue weighted by Crippen LogP contribution is 2.46. The molecule has 0 bridgehead atoms. The zero-order valence-corrected chi connectivity index (χ0v) is 15.1. The lowest BCUT2D eigenvalue weighted by Gasteiger charge is -2.33. The summed E-state index contributed by atoms with van der Waals surface area (Å²) < 4.78 is 0. The average Bonchev–Trinajstić information content (AvgIpc) is 2.46. The first-order valence-corrected chi connectivity index (χ1v) is 9.16. The predicted molar refractivity (Wildman–Crippen MR) is 97.1 cm³/mol. The van der Waals surface area contributed by atoms with E-state index >= 15 is 0 Å². The molecule has 1 aliphatic carbocycles. The van der Waals surface area contributed by atoms with Gasteiger partial charge in [-0.1, -0.05) is 45.3 Å². The van der Waals surface area contributed by atoms with E-state index in [9.17, 15) is 10.2 Å². The first-order valence-electron chi connectivity index (χ1n) is 9.16. The summed E-state index contributed by atoms with van der Waals surface area (Å²) in [5, 5.41) is 21.2. The number of aromatic hydroxyl groups is 2. The Morgan fingerprint density at radius 1 is 1.13 bits per heavy atom. The summed E-state index contributed by atoms with van der Waals surface area (Å²) in [6.07, 6.45) is 8.88. The molecule has 1 aromatic carbocycles. The fourth-order valence-electron chi connectivity index (χ4n) is 3.88. The third-order valence-electron chi connectivity index (χ3n) is 5.25. The summed E-state index contributed by atoms with van der Waals surface area (Å²) in [5.41, 5.74) is 3.12. The molecular formula is C21H32O2. The van der Waals surface area contributed by atoms with Gasteiger partial charge in [-0.25, -0.2) is 0 Å². The number of aryl methyl sites for hydroxylation is 1. The van der Waals surface area contributed by atoms with Crippen LogP contribution in [-0.4, -0.2) is 10.2 Å². The van der Waals surface area contributed by atoms with Gasteiger partial charge in [0.15, 0.2) is 0 Å². The van der Waals surface area contributed by atoms with Crippen LogP contribution in [0.4, 0.5) is 0 Å². The van der Waals surface area contributed by atoms with Gasteiger partial charge in [-0.2, -0.15) is 0 Å². The van der Waals surface area contributed by atoms with Crippen molar-refractivity contribution in [1.29, 1.82) is 0 Å². The van der Waals surface area contributed by atoms with Crippen LogP contribution in [0.2, 0.25) is 0 Å². The predicted octanol–water partition coefficient (Wildman–Crippen LogP) is 5.93. The van der Waals surface area contributed by atoms with Gasteiger partial charge in [0.1, 0.15) is 11.5 Å². The van der Waals surface area contributed by atoms with E-state index in [1.54, 1.807) is 0 Å². The number of hydrogen-bond acceptors (Lipinski definition) is 2. The molecule has 0 radical (unpaired) electrons. The molecule has 0 heterocycles. The zero-order chi connectivity index (χ0) is 17.0. The molecule has 2 nitrogen and oxygen atoms in total. The Bertz CT molecular complexity index is 534. The van der Waals surface area contributed by atoms with Crippen molar-refractivity contribution in [3.05, 3.63) is 34.9 Å². The maximum atomic E-state index is 10.6. The van der Waals surface area contributed by atoms with Crippen LogP contribution in [-0.2, 0) is 6.42 Å². The molecule has 0 unspecified atom stereocenters. The second-order valence-corrected chi connectivity index (χ2v) is 7.49. The topological polar surface area (TPSA) is 40.5 Å². The second kappa shape index (κ2) is 7.90. The molecule has 0 amide bonds. The maximum absolute atomic E-state index is 10.6. The van der Waals surface area contributed by atoms with Crippen LogP contribution in [0.15, 0.2) is 23.8 Å². The molecule has 0 spiro atoms. The van der Waals surface area contributed by atoms with Crippen LogP contribution < -0.4 is 0 Å². The highest BCUT2D eigenvalue weighted by atomic mass is 16.3. The number of hydrogen-bond donors (Lipinski definition) is 2. The third kappa shape index (κ3) is 4.31. The van der Waals surface area contributed by atoms with Gasteiger partial charge < -0.3 is 10.2 Å². The van der Waals surface area contributed by atoms with Crippen molar-refractivity contribution in [3.63, 3.8) is 0 Å². The van der Waals surface area contributed by atoms with Crippen molar-refractivity contribution in [3.8, 4) is 11.5 Å². The normalized spacial score (nSPS) is 21.5. The van der Waals surface area contributed by atoms with Crippen molar-refractivity contribution < 1.29 is 10.2 Å². The largest absolute Gasteiger partial charge is 0.507 e. The fourth-order valence-corrected chi connectivity index (χ4v) is 3.88. The van der Waals surface area contributed by atoms with Crippen molar-refractivity contribution >= 4 is 0 Å². The van der Waals surface area contributed by atoms with Crippen molar-refractivity contribution in [1.82, 2.24) is 0 Å². The van der Waals surface area contributed by atoms with E-state index in [2.05, 4.69) is 33.8 Å². The van der Waals surface area contributed by atoms with Crippen LogP contribution in [0.25, 0.3) is 0 Å². The van der Waals surface area contributed by atoms with Gasteiger partial charge in [-0.3, -0.25) is 0 Å². The summed E-state index contributed by atoms with van der Waals surface area (Å²) in [6.45, 7) is 8.80. The third-order valence-corrected chi connectivity index (χ3v) is 5.25. The van der Waals surface area contributed by atoms with E-state index in [1.807, 2.05) is 12.1 Å². The van der Waals surface area contributed by atoms with Gasteiger partial charge in [0.05, 0.1) is 0 Å². The average molecular weight is 316 g/mol. The van der Waals surface area contributed by atoms with Gasteiger partial charge in [-0.05, 0) is 62.1 Å². The molecule has 2 rings (SSSR count). The van der Waals surface area contributed by atoms with Gasteiger partial charge >= 0.3 is 0 Å². The molecule has 23 heavy (non-hydrogen) atoms. The molecule has 0 aliphatic heterocycles. The summed E-state index contributed by atoms with van der Waals surface area (Å²) in [6, 6.07) is 3.72. The van der Waals surface area contributed by atoms with E-state index in [4.69, 9.17) is 0 Å². The molecule has 1 aromatic rings. The van der Waals surface area contributed by atoms with Crippen molar-refractivity contribution in [2.45, 2.75) is 72.1 Å². The number of phenols is 2. The van der Waals surface area contributed by atoms with Gasteiger partial charge in [0.25, 0.3) is 0 Å². The van der Waals surface area contributed by atoms with Gasteiger partial charge in [0, 0.05) is 11.5 Å². The lowest BCUT2D eigenvalue weighted by Crippen LogP contribution is -2.21. The molecule has 0 aromatic heterocycles. The highest BCUT2D eigenvalue weighted by molar-refractivity contribution is 5.51. The first kappa shape index (κ1) is 17.9. The van der Waals surface area contributed by atoms with E-state index in [0.29, 0.717) is 11.8 Å². The Labute approximate surface area is 141 Å². The van der Waals surface area contributed by atoms with E-state index in [1.165, 1.54) is 18.4 Å². The first-order chi connectivity index (χ1) is 10.9. The summed E-state index contributed by atoms with van der Waals surface area (Å²) in [4.78, 5) is 0. The molecule has 128 valence electrons. The number of allylic oxidation sites excluding steroid dienone is 2. The van der Waals surface area contributed by atoms with Gasteiger partial charge in [0.2, 0.25) is 0 Å². The lowest BCUT2D eigenvalue weighted by molar-refractivity contribution is 0.304. The SMILES string of the molecule is CCCCCc1cc(O)c([C@H]2C=C(C)CC[C@@H]2C(C)C)c(O)c1. The molecule has 2 atom stereocenters. The summed E-state index contributed by atoms with van der Waals surface area (Å²) in [5.74, 6) is 1.65. The highest BCUT2D eigenvalue weighted by Gasteiger charge is 2.31. The Morgan fingerprint density at radius 3 is 2.35 bits per heavy atom. The zero-order valence-electron chi connectivity index (χ0n) is 15.1. The van der Waals surface area contributed by atoms with Crippen LogP contribution in [0.3, 0.4) is 0 Å². The number of unbranched alkanes of at least 4 members (excludes halogenated alkanes) is 2. The maximum Gasteiger partial charge on any atom is 0.123 e. The van der Waals surface area contributed by atoms with Crippen LogP contribution in [0, 0.1) is 11.8 Å². The lowest BCUT2D eigenvalue weighted by atomic mass is 9.71. The Hall–Kier alpha value is -1.44. The minimum Gasteiger partial charge on any atom is -0.507 e. The Balaban J connectivity index is 2.32. The van der Waals surface area contributed by atoms with Crippen LogP contribution >= 0.6 is 0 Å². The van der Waals surface area contributed by atoms with Crippen molar-refractivity contribution in [2.24, 2.45) is 11.8 Å². The molecular weight excluding hydrogens is 284 g/mol. The Morgan fingerprint density at radius 2 is 1.78 bits per heavy atom. The number of benzene rings is 1. The monoisotopic (exact) mass is 316 g/mol. The standard InChI is InChI=1S/C21H32O2/c1-5-6-7-8-16-12-19(22)21(20(23)13-16)18-11-15(4)9-10-17(18)14(2)3/h11-14,17-18,22-23H,5-10H2,1-4H3/t17-,18+/m1/s1. The number of rotatable bonds is 6. The molecule has 0 fully saturated rings. The fraction of sp³-hybridized carbons (Fsp3) is 0.619. The molecule has 2 N–H and O–H groups in total. The Kier molecular flexibility index (Phi) is 6.15. The van der Waals surface area contributed by atoms with E-state index in [0.717, 1.165) is 36.8 Å². The summed E-state index contributed by atoms with van der Waals surface area (Å²) in [7, 11) is 0. The summed E-state index contributed by atoms with van der Waals surface area (Å²) >= 11 is 0. The molecule has 0 saturated carbocycles. The smallest absolute Gasteiger partial charge is 0.123 e. The molecule has 2 heteroatoms. The van der Waals surface area contributed by atoms with E-state index < -0.39 is 0 Å².